The molecule has 17 heavy (non-hydrogen) atoms. The summed E-state index contributed by atoms with van der Waals surface area (Å²) in [6, 6.07) is 10.4. The highest BCUT2D eigenvalue weighted by Crippen LogP contribution is 2.37. The predicted octanol–water partition coefficient (Wildman–Crippen LogP) is 2.98. The van der Waals surface area contributed by atoms with E-state index in [1.54, 1.807) is 0 Å². The molecule has 0 heterocycles. The van der Waals surface area contributed by atoms with E-state index in [0.29, 0.717) is 5.41 Å². The third kappa shape index (κ3) is 3.55. The number of ether oxygens (including phenoxy) is 1. The average Bonchev–Trinajstić information content (AvgIpc) is 2.80. The van der Waals surface area contributed by atoms with Crippen LogP contribution < -0.4 is 5.32 Å². The number of rotatable bonds is 6. The first-order valence-corrected chi connectivity index (χ1v) is 6.61. The Morgan fingerprint density at radius 2 is 1.88 bits per heavy atom. The van der Waals surface area contributed by atoms with Gasteiger partial charge in [-0.05, 0) is 25.5 Å². The molecule has 0 aromatic heterocycles. The Kier molecular flexibility index (Phi) is 4.57. The molecule has 0 amide bonds. The van der Waals surface area contributed by atoms with Gasteiger partial charge in [0.05, 0.1) is 13.2 Å². The van der Waals surface area contributed by atoms with Crippen LogP contribution in [-0.2, 0) is 11.3 Å². The molecule has 1 saturated carbocycles. The van der Waals surface area contributed by atoms with E-state index in [0.717, 1.165) is 19.8 Å². The Morgan fingerprint density at radius 1 is 1.18 bits per heavy atom. The van der Waals surface area contributed by atoms with Crippen molar-refractivity contribution in [2.75, 3.05) is 20.2 Å². The van der Waals surface area contributed by atoms with Crippen LogP contribution in [0.1, 0.15) is 31.2 Å². The highest BCUT2D eigenvalue weighted by atomic mass is 16.5. The summed E-state index contributed by atoms with van der Waals surface area (Å²) in [6.07, 6.45) is 5.33. The van der Waals surface area contributed by atoms with E-state index < -0.39 is 0 Å². The number of hydrogen-bond acceptors (Lipinski definition) is 2. The molecule has 0 radical (unpaired) electrons. The summed E-state index contributed by atoms with van der Waals surface area (Å²) in [4.78, 5) is 0. The first kappa shape index (κ1) is 12.6. The lowest BCUT2D eigenvalue weighted by atomic mass is 9.87. The van der Waals surface area contributed by atoms with Gasteiger partial charge in [0.25, 0.3) is 0 Å². The van der Waals surface area contributed by atoms with Crippen molar-refractivity contribution < 1.29 is 4.74 Å². The van der Waals surface area contributed by atoms with E-state index >= 15 is 0 Å². The van der Waals surface area contributed by atoms with Crippen molar-refractivity contribution in [3.8, 4) is 0 Å². The maximum atomic E-state index is 5.92. The topological polar surface area (TPSA) is 21.3 Å². The lowest BCUT2D eigenvalue weighted by Crippen LogP contribution is -2.34. The fraction of sp³-hybridized carbons (Fsp3) is 0.600. The van der Waals surface area contributed by atoms with Gasteiger partial charge in [0.2, 0.25) is 0 Å². The van der Waals surface area contributed by atoms with Gasteiger partial charge in [-0.25, -0.2) is 0 Å². The largest absolute Gasteiger partial charge is 0.376 e. The van der Waals surface area contributed by atoms with E-state index in [2.05, 4.69) is 29.6 Å². The molecule has 1 aliphatic rings. The second kappa shape index (κ2) is 6.18. The fourth-order valence-electron chi connectivity index (χ4n) is 2.83. The quantitative estimate of drug-likeness (QED) is 0.815. The van der Waals surface area contributed by atoms with Gasteiger partial charge in [-0.1, -0.05) is 43.2 Å². The lowest BCUT2D eigenvalue weighted by Gasteiger charge is -2.28. The fourth-order valence-corrected chi connectivity index (χ4v) is 2.83. The van der Waals surface area contributed by atoms with Gasteiger partial charge in [0.15, 0.2) is 0 Å². The number of nitrogens with one attached hydrogen (secondary N) is 1. The molecule has 0 unspecified atom stereocenters. The number of benzene rings is 1. The van der Waals surface area contributed by atoms with Crippen LogP contribution in [-0.4, -0.2) is 20.2 Å². The highest BCUT2D eigenvalue weighted by molar-refractivity contribution is 5.13. The molecule has 2 rings (SSSR count). The minimum atomic E-state index is 0.392. The molecule has 0 saturated heterocycles. The standard InChI is InChI=1S/C15H23NO/c1-16-12-15(9-5-6-10-15)13-17-11-14-7-3-2-4-8-14/h2-4,7-8,16H,5-6,9-13H2,1H3. The molecule has 1 aromatic rings. The predicted molar refractivity (Wildman–Crippen MR) is 70.9 cm³/mol. The van der Waals surface area contributed by atoms with Crippen molar-refractivity contribution in [3.63, 3.8) is 0 Å². The Labute approximate surface area is 104 Å². The molecule has 0 bridgehead atoms. The van der Waals surface area contributed by atoms with Crippen LogP contribution in [0.5, 0.6) is 0 Å². The molecule has 1 N–H and O–H groups in total. The van der Waals surface area contributed by atoms with Crippen LogP contribution in [0.2, 0.25) is 0 Å². The third-order valence-electron chi connectivity index (χ3n) is 3.74. The molecule has 0 atom stereocenters. The normalized spacial score (nSPS) is 18.4. The van der Waals surface area contributed by atoms with E-state index in [4.69, 9.17) is 4.74 Å². The summed E-state index contributed by atoms with van der Waals surface area (Å²) in [5, 5.41) is 3.32. The first-order valence-electron chi connectivity index (χ1n) is 6.61. The minimum absolute atomic E-state index is 0.392. The first-order chi connectivity index (χ1) is 8.35. The van der Waals surface area contributed by atoms with Crippen molar-refractivity contribution in [3.05, 3.63) is 35.9 Å². The number of hydrogen-bond donors (Lipinski definition) is 1. The zero-order chi connectivity index (χ0) is 12.0. The molecular formula is C15H23NO. The van der Waals surface area contributed by atoms with E-state index in [9.17, 15) is 0 Å². The summed E-state index contributed by atoms with van der Waals surface area (Å²) in [5.41, 5.74) is 1.66. The molecule has 0 spiro atoms. The van der Waals surface area contributed by atoms with Gasteiger partial charge < -0.3 is 10.1 Å². The zero-order valence-corrected chi connectivity index (χ0v) is 10.7. The molecule has 94 valence electrons. The maximum absolute atomic E-state index is 5.92. The maximum Gasteiger partial charge on any atom is 0.0717 e. The second-order valence-electron chi connectivity index (χ2n) is 5.22. The molecule has 1 aromatic carbocycles. The van der Waals surface area contributed by atoms with Gasteiger partial charge in [-0.15, -0.1) is 0 Å². The van der Waals surface area contributed by atoms with Crippen LogP contribution in [0.3, 0.4) is 0 Å². The Hall–Kier alpha value is -0.860. The molecule has 2 heteroatoms. The van der Waals surface area contributed by atoms with Crippen molar-refractivity contribution in [1.82, 2.24) is 5.32 Å². The zero-order valence-electron chi connectivity index (χ0n) is 10.7. The van der Waals surface area contributed by atoms with Crippen LogP contribution in [0, 0.1) is 5.41 Å². The summed E-state index contributed by atoms with van der Waals surface area (Å²) >= 11 is 0. The van der Waals surface area contributed by atoms with Gasteiger partial charge >= 0.3 is 0 Å². The summed E-state index contributed by atoms with van der Waals surface area (Å²) in [7, 11) is 2.04. The SMILES string of the molecule is CNCC1(COCc2ccccc2)CCCC1. The molecular weight excluding hydrogens is 210 g/mol. The molecule has 2 nitrogen and oxygen atoms in total. The smallest absolute Gasteiger partial charge is 0.0717 e. The average molecular weight is 233 g/mol. The monoisotopic (exact) mass is 233 g/mol. The molecule has 1 fully saturated rings. The van der Waals surface area contributed by atoms with Crippen LogP contribution in [0.4, 0.5) is 0 Å². The van der Waals surface area contributed by atoms with Gasteiger partial charge in [0, 0.05) is 12.0 Å². The van der Waals surface area contributed by atoms with Gasteiger partial charge in [0.1, 0.15) is 0 Å². The van der Waals surface area contributed by atoms with Crippen molar-refractivity contribution in [2.24, 2.45) is 5.41 Å². The summed E-state index contributed by atoms with van der Waals surface area (Å²) in [6.45, 7) is 2.72. The Bertz CT molecular complexity index is 317. The van der Waals surface area contributed by atoms with Gasteiger partial charge in [-0.2, -0.15) is 0 Å². The molecule has 1 aliphatic carbocycles. The van der Waals surface area contributed by atoms with Crippen molar-refractivity contribution in [1.29, 1.82) is 0 Å². The van der Waals surface area contributed by atoms with E-state index in [-0.39, 0.29) is 0 Å². The van der Waals surface area contributed by atoms with Crippen LogP contribution in [0.25, 0.3) is 0 Å². The summed E-state index contributed by atoms with van der Waals surface area (Å²) in [5.74, 6) is 0. The molecule has 0 aliphatic heterocycles. The Morgan fingerprint density at radius 3 is 2.53 bits per heavy atom. The van der Waals surface area contributed by atoms with E-state index in [1.807, 2.05) is 13.1 Å². The second-order valence-corrected chi connectivity index (χ2v) is 5.22. The van der Waals surface area contributed by atoms with Crippen LogP contribution >= 0.6 is 0 Å². The highest BCUT2D eigenvalue weighted by Gasteiger charge is 2.33. The lowest BCUT2D eigenvalue weighted by molar-refractivity contribution is 0.0370. The van der Waals surface area contributed by atoms with Gasteiger partial charge in [-0.3, -0.25) is 0 Å². The van der Waals surface area contributed by atoms with Crippen LogP contribution in [0.15, 0.2) is 30.3 Å². The third-order valence-corrected chi connectivity index (χ3v) is 3.74. The van der Waals surface area contributed by atoms with Crippen molar-refractivity contribution >= 4 is 0 Å². The summed E-state index contributed by atoms with van der Waals surface area (Å²) < 4.78 is 5.92. The Balaban J connectivity index is 1.80. The van der Waals surface area contributed by atoms with Crippen molar-refractivity contribution in [2.45, 2.75) is 32.3 Å². The minimum Gasteiger partial charge on any atom is -0.376 e. The van der Waals surface area contributed by atoms with E-state index in [1.165, 1.54) is 31.2 Å².